The number of hydrogen-bond donors (Lipinski definition) is 0. The molecule has 0 spiro atoms. The first-order valence-electron chi connectivity index (χ1n) is 6.21. The van der Waals surface area contributed by atoms with Gasteiger partial charge < -0.3 is 4.74 Å². The van der Waals surface area contributed by atoms with Crippen LogP contribution in [0, 0.1) is 12.8 Å². The fraction of sp³-hybridized carbons (Fsp3) is 0.462. The lowest BCUT2D eigenvalue weighted by Gasteiger charge is -2.09. The van der Waals surface area contributed by atoms with Crippen molar-refractivity contribution >= 4 is 37.3 Å². The lowest BCUT2D eigenvalue weighted by molar-refractivity contribution is 0.0494. The van der Waals surface area contributed by atoms with E-state index in [1.165, 1.54) is 18.9 Å². The molecule has 1 saturated carbocycles. The van der Waals surface area contributed by atoms with E-state index in [0.29, 0.717) is 18.1 Å². The molecule has 0 aliphatic heterocycles. The predicted molar refractivity (Wildman–Crippen MR) is 76.9 cm³/mol. The lowest BCUT2D eigenvalue weighted by Crippen LogP contribution is -2.08. The number of halogens is 2. The van der Waals surface area contributed by atoms with Crippen molar-refractivity contribution < 1.29 is 17.9 Å². The van der Waals surface area contributed by atoms with E-state index in [-0.39, 0.29) is 15.5 Å². The average molecular weight is 337 g/mol. The number of esters is 1. The molecule has 0 aromatic heterocycles. The van der Waals surface area contributed by atoms with Gasteiger partial charge in [0.05, 0.1) is 17.2 Å². The minimum absolute atomic E-state index is 0.0227. The fourth-order valence-corrected chi connectivity index (χ4v) is 3.38. The van der Waals surface area contributed by atoms with Gasteiger partial charge in [0.2, 0.25) is 0 Å². The summed E-state index contributed by atoms with van der Waals surface area (Å²) >= 11 is 5.89. The molecule has 4 nitrogen and oxygen atoms in total. The maximum Gasteiger partial charge on any atom is 0.338 e. The van der Waals surface area contributed by atoms with Gasteiger partial charge in [0.1, 0.15) is 4.90 Å². The van der Waals surface area contributed by atoms with Crippen LogP contribution in [0.5, 0.6) is 0 Å². The van der Waals surface area contributed by atoms with Crippen LogP contribution in [0.2, 0.25) is 5.02 Å². The van der Waals surface area contributed by atoms with Crippen molar-refractivity contribution in [3.8, 4) is 0 Å². The molecule has 1 aromatic carbocycles. The Kier molecular flexibility index (Phi) is 4.62. The highest BCUT2D eigenvalue weighted by atomic mass is 35.7. The second kappa shape index (κ2) is 5.92. The van der Waals surface area contributed by atoms with E-state index in [9.17, 15) is 13.2 Å². The van der Waals surface area contributed by atoms with E-state index < -0.39 is 15.0 Å². The van der Waals surface area contributed by atoms with Crippen LogP contribution in [0.3, 0.4) is 0 Å². The van der Waals surface area contributed by atoms with Crippen LogP contribution in [0.25, 0.3) is 0 Å². The SMILES string of the molecule is Cc1cc(C(=O)OCCC2CC2)cc(S(=O)(=O)Cl)c1Cl. The quantitative estimate of drug-likeness (QED) is 0.609. The fourth-order valence-electron chi connectivity index (χ4n) is 1.84. The molecule has 1 aliphatic carbocycles. The summed E-state index contributed by atoms with van der Waals surface area (Å²) in [6.07, 6.45) is 3.22. The molecular formula is C13H14Cl2O4S. The van der Waals surface area contributed by atoms with Gasteiger partial charge in [0.15, 0.2) is 0 Å². The molecule has 110 valence electrons. The van der Waals surface area contributed by atoms with Gasteiger partial charge in [-0.05, 0) is 37.0 Å². The molecule has 0 unspecified atom stereocenters. The van der Waals surface area contributed by atoms with Crippen molar-refractivity contribution in [2.45, 2.75) is 31.1 Å². The molecule has 0 bridgehead atoms. The zero-order valence-electron chi connectivity index (χ0n) is 10.9. The predicted octanol–water partition coefficient (Wildman–Crippen LogP) is 3.53. The zero-order valence-corrected chi connectivity index (χ0v) is 13.2. The molecule has 1 fully saturated rings. The normalized spacial score (nSPS) is 15.2. The number of rotatable bonds is 5. The van der Waals surface area contributed by atoms with Gasteiger partial charge >= 0.3 is 5.97 Å². The molecule has 0 amide bonds. The Morgan fingerprint density at radius 3 is 2.60 bits per heavy atom. The van der Waals surface area contributed by atoms with Crippen molar-refractivity contribution in [1.82, 2.24) is 0 Å². The van der Waals surface area contributed by atoms with Gasteiger partial charge in [-0.1, -0.05) is 24.4 Å². The molecule has 0 heterocycles. The molecule has 2 rings (SSSR count). The summed E-state index contributed by atoms with van der Waals surface area (Å²) in [7, 11) is 1.30. The summed E-state index contributed by atoms with van der Waals surface area (Å²) < 4.78 is 28.0. The first-order valence-corrected chi connectivity index (χ1v) is 8.89. The van der Waals surface area contributed by atoms with E-state index in [1.54, 1.807) is 6.92 Å². The van der Waals surface area contributed by atoms with Crippen molar-refractivity contribution in [2.24, 2.45) is 5.92 Å². The number of ether oxygens (including phenoxy) is 1. The van der Waals surface area contributed by atoms with Gasteiger partial charge in [-0.25, -0.2) is 13.2 Å². The van der Waals surface area contributed by atoms with Crippen molar-refractivity contribution in [3.05, 3.63) is 28.3 Å². The third kappa shape index (κ3) is 3.87. The molecule has 20 heavy (non-hydrogen) atoms. The number of aryl methyl sites for hydroxylation is 1. The average Bonchev–Trinajstić information content (AvgIpc) is 3.14. The highest BCUT2D eigenvalue weighted by molar-refractivity contribution is 8.13. The highest BCUT2D eigenvalue weighted by Crippen LogP contribution is 2.32. The van der Waals surface area contributed by atoms with Gasteiger partial charge in [0.25, 0.3) is 9.05 Å². The molecule has 0 radical (unpaired) electrons. The number of hydrogen-bond acceptors (Lipinski definition) is 4. The summed E-state index contributed by atoms with van der Waals surface area (Å²) in [4.78, 5) is 11.6. The number of benzene rings is 1. The van der Waals surface area contributed by atoms with Gasteiger partial charge in [-0.15, -0.1) is 0 Å². The Morgan fingerprint density at radius 1 is 1.40 bits per heavy atom. The van der Waals surface area contributed by atoms with Crippen LogP contribution < -0.4 is 0 Å². The Hall–Kier alpha value is -0.780. The molecule has 0 N–H and O–H groups in total. The Balaban J connectivity index is 2.18. The molecule has 1 aliphatic rings. The van der Waals surface area contributed by atoms with Crippen LogP contribution >= 0.6 is 22.3 Å². The van der Waals surface area contributed by atoms with Crippen LogP contribution in [0.4, 0.5) is 0 Å². The van der Waals surface area contributed by atoms with E-state index in [4.69, 9.17) is 27.0 Å². The van der Waals surface area contributed by atoms with E-state index in [0.717, 1.165) is 12.5 Å². The van der Waals surface area contributed by atoms with E-state index in [2.05, 4.69) is 0 Å². The van der Waals surface area contributed by atoms with Crippen LogP contribution in [-0.4, -0.2) is 21.0 Å². The maximum absolute atomic E-state index is 11.9. The summed E-state index contributed by atoms with van der Waals surface area (Å²) in [5.74, 6) is 0.0977. The topological polar surface area (TPSA) is 60.4 Å². The number of carbonyl (C=O) groups excluding carboxylic acids is 1. The Labute approximate surface area is 127 Å². The first-order chi connectivity index (χ1) is 9.29. The molecule has 7 heteroatoms. The first kappa shape index (κ1) is 15.6. The van der Waals surface area contributed by atoms with Crippen LogP contribution in [0.1, 0.15) is 35.2 Å². The lowest BCUT2D eigenvalue weighted by atomic mass is 10.1. The summed E-state index contributed by atoms with van der Waals surface area (Å²) in [5, 5.41) is 0.0227. The molecular weight excluding hydrogens is 323 g/mol. The summed E-state index contributed by atoms with van der Waals surface area (Å²) in [6.45, 7) is 1.95. The standard InChI is InChI=1S/C13H14Cl2O4S/c1-8-6-10(7-11(12(8)14)20(15,17)18)13(16)19-5-4-9-2-3-9/h6-7,9H,2-5H2,1H3. The Morgan fingerprint density at radius 2 is 2.05 bits per heavy atom. The minimum atomic E-state index is -4.00. The van der Waals surface area contributed by atoms with Gasteiger partial charge in [-0.2, -0.15) is 0 Å². The maximum atomic E-state index is 11.9. The smallest absolute Gasteiger partial charge is 0.338 e. The minimum Gasteiger partial charge on any atom is -0.462 e. The van der Waals surface area contributed by atoms with Crippen molar-refractivity contribution in [3.63, 3.8) is 0 Å². The molecule has 0 saturated heterocycles. The Bertz CT molecular complexity index is 636. The van der Waals surface area contributed by atoms with Crippen LogP contribution in [-0.2, 0) is 13.8 Å². The van der Waals surface area contributed by atoms with Crippen LogP contribution in [0.15, 0.2) is 17.0 Å². The second-order valence-corrected chi connectivity index (χ2v) is 7.82. The van der Waals surface area contributed by atoms with Crippen molar-refractivity contribution in [1.29, 1.82) is 0 Å². The van der Waals surface area contributed by atoms with E-state index in [1.807, 2.05) is 0 Å². The monoisotopic (exact) mass is 336 g/mol. The van der Waals surface area contributed by atoms with Gasteiger partial charge in [-0.3, -0.25) is 0 Å². The molecule has 0 atom stereocenters. The summed E-state index contributed by atoms with van der Waals surface area (Å²) in [6, 6.07) is 2.64. The molecule has 1 aromatic rings. The zero-order chi connectivity index (χ0) is 14.9. The largest absolute Gasteiger partial charge is 0.462 e. The van der Waals surface area contributed by atoms with Crippen molar-refractivity contribution in [2.75, 3.05) is 6.61 Å². The summed E-state index contributed by atoms with van der Waals surface area (Å²) in [5.41, 5.74) is 0.601. The highest BCUT2D eigenvalue weighted by Gasteiger charge is 2.23. The third-order valence-corrected chi connectivity index (χ3v) is 5.14. The second-order valence-electron chi connectivity index (χ2n) is 4.91. The van der Waals surface area contributed by atoms with Gasteiger partial charge in [0, 0.05) is 10.7 Å². The van der Waals surface area contributed by atoms with E-state index >= 15 is 0 Å². The number of carbonyl (C=O) groups is 1. The third-order valence-electron chi connectivity index (χ3n) is 3.18.